The van der Waals surface area contributed by atoms with Crippen LogP contribution in [0.25, 0.3) is 0 Å². The van der Waals surface area contributed by atoms with E-state index >= 15 is 8.78 Å². The van der Waals surface area contributed by atoms with Crippen molar-refractivity contribution in [3.05, 3.63) is 65.7 Å². The molecule has 1 aromatic carbocycles. The smallest absolute Gasteiger partial charge is 0.422 e. The molecule has 0 saturated carbocycles. The van der Waals surface area contributed by atoms with Crippen LogP contribution >= 0.6 is 0 Å². The highest BCUT2D eigenvalue weighted by Gasteiger charge is 2.58. The minimum atomic E-state index is -4.66. The van der Waals surface area contributed by atoms with Gasteiger partial charge in [-0.2, -0.15) is 22.0 Å². The molecule has 0 radical (unpaired) electrons. The van der Waals surface area contributed by atoms with Crippen LogP contribution < -0.4 is 4.74 Å². The Hall–Kier alpha value is -3.29. The summed E-state index contributed by atoms with van der Waals surface area (Å²) >= 11 is 0. The fourth-order valence-electron chi connectivity index (χ4n) is 2.69. The van der Waals surface area contributed by atoms with Gasteiger partial charge in [0.15, 0.2) is 12.2 Å². The Labute approximate surface area is 169 Å². The Morgan fingerprint density at radius 2 is 1.77 bits per heavy atom. The average molecular weight is 451 g/mol. The Morgan fingerprint density at radius 1 is 1.03 bits per heavy atom. The minimum Gasteiger partial charge on any atom is -0.483 e. The number of ether oxygens (including phenoxy) is 1. The van der Waals surface area contributed by atoms with E-state index in [1.54, 1.807) is 0 Å². The summed E-state index contributed by atoms with van der Waals surface area (Å²) in [7, 11) is 0. The summed E-state index contributed by atoms with van der Waals surface area (Å²) in [5.74, 6) is -7.34. The third-order valence-electron chi connectivity index (χ3n) is 4.14. The first kappa shape index (κ1) is 22.4. The summed E-state index contributed by atoms with van der Waals surface area (Å²) in [6, 6.07) is 2.99. The quantitative estimate of drug-likeness (QED) is 0.556. The molecule has 2 aromatic heterocycles. The van der Waals surface area contributed by atoms with Crippen LogP contribution in [0.15, 0.2) is 42.9 Å². The van der Waals surface area contributed by atoms with Crippen molar-refractivity contribution in [2.45, 2.75) is 24.2 Å². The average Bonchev–Trinajstić information content (AvgIpc) is 3.18. The molecule has 1 N–H and O–H groups in total. The molecule has 0 fully saturated rings. The van der Waals surface area contributed by atoms with Crippen molar-refractivity contribution in [3.8, 4) is 5.75 Å². The molecule has 1 atom stereocenters. The first-order valence-corrected chi connectivity index (χ1v) is 8.35. The standard InChI is InChI=1S/C17H12F7N5O2/c18-10-1-3-12(13(19)5-10)15(30,7-29-9-26-27-28-29)17(23,24)14-4-2-11(6-25-14)31-8-16(20,21)22/h1-6,9,30H,7-8H2. The lowest BCUT2D eigenvalue weighted by Gasteiger charge is -2.35. The Balaban J connectivity index is 2.01. The topological polar surface area (TPSA) is 86.0 Å². The van der Waals surface area contributed by atoms with Crippen molar-refractivity contribution >= 4 is 0 Å². The molecule has 31 heavy (non-hydrogen) atoms. The molecule has 0 spiro atoms. The summed E-state index contributed by atoms with van der Waals surface area (Å²) in [6.07, 6.45) is -3.19. The summed E-state index contributed by atoms with van der Waals surface area (Å²) in [4.78, 5) is 3.36. The highest BCUT2D eigenvalue weighted by molar-refractivity contribution is 5.32. The highest BCUT2D eigenvalue weighted by atomic mass is 19.4. The van der Waals surface area contributed by atoms with E-state index in [0.717, 1.165) is 12.4 Å². The van der Waals surface area contributed by atoms with Crippen LogP contribution in [0.2, 0.25) is 0 Å². The molecule has 14 heteroatoms. The lowest BCUT2D eigenvalue weighted by molar-refractivity contribution is -0.207. The van der Waals surface area contributed by atoms with Crippen LogP contribution in [0.3, 0.4) is 0 Å². The van der Waals surface area contributed by atoms with Gasteiger partial charge in [-0.25, -0.2) is 13.5 Å². The van der Waals surface area contributed by atoms with Crippen LogP contribution in [0.1, 0.15) is 11.3 Å². The van der Waals surface area contributed by atoms with Gasteiger partial charge in [-0.05, 0) is 34.7 Å². The molecule has 2 heterocycles. The summed E-state index contributed by atoms with van der Waals surface area (Å²) < 4.78 is 100. The third kappa shape index (κ3) is 4.73. The van der Waals surface area contributed by atoms with Crippen LogP contribution in [0.5, 0.6) is 5.75 Å². The number of hydrogen-bond donors (Lipinski definition) is 1. The minimum absolute atomic E-state index is 0.303. The Morgan fingerprint density at radius 3 is 2.32 bits per heavy atom. The number of hydrogen-bond acceptors (Lipinski definition) is 6. The van der Waals surface area contributed by atoms with E-state index in [1.165, 1.54) is 0 Å². The molecule has 0 aliphatic rings. The highest BCUT2D eigenvalue weighted by Crippen LogP contribution is 2.46. The van der Waals surface area contributed by atoms with E-state index in [9.17, 15) is 27.1 Å². The number of halogens is 7. The van der Waals surface area contributed by atoms with Gasteiger partial charge in [0.1, 0.15) is 29.4 Å². The molecule has 7 nitrogen and oxygen atoms in total. The van der Waals surface area contributed by atoms with E-state index in [4.69, 9.17) is 0 Å². The molecule has 0 amide bonds. The zero-order valence-corrected chi connectivity index (χ0v) is 15.2. The monoisotopic (exact) mass is 451 g/mol. The zero-order chi connectivity index (χ0) is 22.9. The molecule has 0 aliphatic carbocycles. The first-order chi connectivity index (χ1) is 14.4. The Bertz CT molecular complexity index is 1030. The third-order valence-corrected chi connectivity index (χ3v) is 4.14. The van der Waals surface area contributed by atoms with Crippen molar-refractivity contribution < 1.29 is 40.6 Å². The van der Waals surface area contributed by atoms with Crippen molar-refractivity contribution in [1.29, 1.82) is 0 Å². The van der Waals surface area contributed by atoms with Crippen LogP contribution in [0.4, 0.5) is 30.7 Å². The van der Waals surface area contributed by atoms with Gasteiger partial charge in [0.05, 0.1) is 12.7 Å². The van der Waals surface area contributed by atoms with Gasteiger partial charge < -0.3 is 9.84 Å². The van der Waals surface area contributed by atoms with E-state index in [0.29, 0.717) is 35.1 Å². The van der Waals surface area contributed by atoms with Gasteiger partial charge in [0.2, 0.25) is 0 Å². The number of tetrazole rings is 1. The molecule has 3 aromatic rings. The second-order valence-corrected chi connectivity index (χ2v) is 6.35. The number of nitrogens with zero attached hydrogens (tertiary/aromatic N) is 5. The van der Waals surface area contributed by atoms with Crippen molar-refractivity contribution in [2.24, 2.45) is 0 Å². The predicted molar refractivity (Wildman–Crippen MR) is 87.8 cm³/mol. The van der Waals surface area contributed by atoms with Gasteiger partial charge in [-0.3, -0.25) is 4.98 Å². The van der Waals surface area contributed by atoms with E-state index in [2.05, 4.69) is 25.2 Å². The van der Waals surface area contributed by atoms with Gasteiger partial charge >= 0.3 is 12.1 Å². The number of aliphatic hydroxyl groups is 1. The fourth-order valence-corrected chi connectivity index (χ4v) is 2.69. The maximum atomic E-state index is 15.4. The summed E-state index contributed by atoms with van der Waals surface area (Å²) in [6.45, 7) is -2.74. The molecular formula is C17H12F7N5O2. The SMILES string of the molecule is OC(Cn1cnnn1)(c1ccc(F)cc1F)C(F)(F)c1ccc(OCC(F)(F)F)cn1. The fraction of sp³-hybridized carbons (Fsp3) is 0.294. The molecule has 166 valence electrons. The maximum absolute atomic E-state index is 15.4. The number of benzene rings is 1. The van der Waals surface area contributed by atoms with Gasteiger partial charge in [0.25, 0.3) is 0 Å². The van der Waals surface area contributed by atoms with Gasteiger partial charge in [-0.15, -0.1) is 5.10 Å². The van der Waals surface area contributed by atoms with Crippen LogP contribution in [-0.2, 0) is 18.1 Å². The molecule has 3 rings (SSSR count). The normalized spacial score (nSPS) is 14.3. The predicted octanol–water partition coefficient (Wildman–Crippen LogP) is 2.97. The number of rotatable bonds is 7. The second-order valence-electron chi connectivity index (χ2n) is 6.35. The van der Waals surface area contributed by atoms with E-state index < -0.39 is 59.5 Å². The van der Waals surface area contributed by atoms with E-state index in [-0.39, 0.29) is 0 Å². The molecule has 0 bridgehead atoms. The van der Waals surface area contributed by atoms with Crippen LogP contribution in [-0.4, -0.2) is 43.1 Å². The zero-order valence-electron chi connectivity index (χ0n) is 15.2. The van der Waals surface area contributed by atoms with Crippen molar-refractivity contribution in [3.63, 3.8) is 0 Å². The van der Waals surface area contributed by atoms with Gasteiger partial charge in [0, 0.05) is 11.6 Å². The number of pyridine rings is 1. The lowest BCUT2D eigenvalue weighted by atomic mass is 9.84. The van der Waals surface area contributed by atoms with Crippen molar-refractivity contribution in [2.75, 3.05) is 6.61 Å². The van der Waals surface area contributed by atoms with Crippen molar-refractivity contribution in [1.82, 2.24) is 25.2 Å². The lowest BCUT2D eigenvalue weighted by Crippen LogP contribution is -2.48. The van der Waals surface area contributed by atoms with Crippen LogP contribution in [0, 0.1) is 11.6 Å². The summed E-state index contributed by atoms with van der Waals surface area (Å²) in [5, 5.41) is 20.8. The molecule has 1 unspecified atom stereocenters. The molecule has 0 aliphatic heterocycles. The largest absolute Gasteiger partial charge is 0.483 e. The molecule has 0 saturated heterocycles. The number of alkyl halides is 5. The second kappa shape index (κ2) is 8.09. The summed E-state index contributed by atoms with van der Waals surface area (Å²) in [5.41, 5.74) is -5.46. The van der Waals surface area contributed by atoms with Gasteiger partial charge in [-0.1, -0.05) is 0 Å². The maximum Gasteiger partial charge on any atom is 0.422 e. The first-order valence-electron chi connectivity index (χ1n) is 8.35. The number of aromatic nitrogens is 5. The Kier molecular flexibility index (Phi) is 5.85. The molecular weight excluding hydrogens is 439 g/mol. The van der Waals surface area contributed by atoms with E-state index in [1.807, 2.05) is 0 Å².